The van der Waals surface area contributed by atoms with E-state index in [1.54, 1.807) is 12.1 Å². The van der Waals surface area contributed by atoms with E-state index in [0.717, 1.165) is 17.7 Å². The van der Waals surface area contributed by atoms with E-state index < -0.39 is 17.5 Å². The van der Waals surface area contributed by atoms with Gasteiger partial charge < -0.3 is 10.4 Å². The lowest BCUT2D eigenvalue weighted by Gasteiger charge is -2.01. The Labute approximate surface area is 109 Å². The molecule has 2 aromatic rings. The maximum absolute atomic E-state index is 13.0. The van der Waals surface area contributed by atoms with E-state index in [4.69, 9.17) is 5.11 Å². The van der Waals surface area contributed by atoms with E-state index >= 15 is 0 Å². The molecule has 2 aromatic carbocycles. The Morgan fingerprint density at radius 3 is 2.58 bits per heavy atom. The molecule has 94 valence electrons. The van der Waals surface area contributed by atoms with Gasteiger partial charge in [-0.05, 0) is 24.3 Å². The second kappa shape index (κ2) is 5.69. The molecule has 3 nitrogen and oxygen atoms in total. The standard InChI is InChI=1S/C15H10FNO2/c16-13-10-12(7-8-14(13)18)17-15(19)9-6-11-4-2-1-3-5-11/h1-5,7-8,10,18H,(H,17,19). The van der Waals surface area contributed by atoms with Gasteiger partial charge in [-0.3, -0.25) is 4.79 Å². The average Bonchev–Trinajstić information content (AvgIpc) is 2.42. The van der Waals surface area contributed by atoms with Gasteiger partial charge in [-0.1, -0.05) is 24.1 Å². The summed E-state index contributed by atoms with van der Waals surface area (Å²) in [5.74, 6) is 3.27. The third-order valence-corrected chi connectivity index (χ3v) is 2.30. The normalized spacial score (nSPS) is 9.32. The van der Waals surface area contributed by atoms with E-state index in [9.17, 15) is 9.18 Å². The van der Waals surface area contributed by atoms with Crippen LogP contribution in [-0.4, -0.2) is 11.0 Å². The van der Waals surface area contributed by atoms with Crippen molar-refractivity contribution in [3.8, 4) is 17.6 Å². The van der Waals surface area contributed by atoms with Crippen molar-refractivity contribution in [2.24, 2.45) is 0 Å². The lowest BCUT2D eigenvalue weighted by atomic mass is 10.2. The predicted octanol–water partition coefficient (Wildman–Crippen LogP) is 2.52. The summed E-state index contributed by atoms with van der Waals surface area (Å²) in [6, 6.07) is 12.6. The van der Waals surface area contributed by atoms with Crippen LogP contribution in [0.4, 0.5) is 10.1 Å². The van der Waals surface area contributed by atoms with Gasteiger partial charge in [0.1, 0.15) is 0 Å². The minimum Gasteiger partial charge on any atom is -0.505 e. The Balaban J connectivity index is 2.06. The third kappa shape index (κ3) is 3.58. The van der Waals surface area contributed by atoms with Crippen LogP contribution in [-0.2, 0) is 4.79 Å². The molecule has 0 bridgehead atoms. The molecule has 0 spiro atoms. The number of hydrogen-bond donors (Lipinski definition) is 2. The smallest absolute Gasteiger partial charge is 0.300 e. The number of halogens is 1. The highest BCUT2D eigenvalue weighted by Crippen LogP contribution is 2.19. The minimum atomic E-state index is -0.797. The Bertz CT molecular complexity index is 657. The summed E-state index contributed by atoms with van der Waals surface area (Å²) in [5.41, 5.74) is 0.956. The topological polar surface area (TPSA) is 49.3 Å². The van der Waals surface area contributed by atoms with Crippen LogP contribution in [0.2, 0.25) is 0 Å². The van der Waals surface area contributed by atoms with Crippen molar-refractivity contribution < 1.29 is 14.3 Å². The number of phenolic OH excluding ortho intramolecular Hbond substituents is 1. The first-order chi connectivity index (χ1) is 9.15. The lowest BCUT2D eigenvalue weighted by Crippen LogP contribution is -2.08. The van der Waals surface area contributed by atoms with Gasteiger partial charge in [0.2, 0.25) is 0 Å². The van der Waals surface area contributed by atoms with Gasteiger partial charge >= 0.3 is 5.91 Å². The average molecular weight is 255 g/mol. The van der Waals surface area contributed by atoms with Crippen LogP contribution in [0, 0.1) is 17.7 Å². The number of phenols is 1. The molecular weight excluding hydrogens is 245 g/mol. The first-order valence-corrected chi connectivity index (χ1v) is 5.52. The predicted molar refractivity (Wildman–Crippen MR) is 70.0 cm³/mol. The van der Waals surface area contributed by atoms with Crippen LogP contribution < -0.4 is 5.32 Å². The first-order valence-electron chi connectivity index (χ1n) is 5.52. The summed E-state index contributed by atoms with van der Waals surface area (Å²) in [6.45, 7) is 0. The third-order valence-electron chi connectivity index (χ3n) is 2.30. The van der Waals surface area contributed by atoms with Gasteiger partial charge in [0, 0.05) is 23.2 Å². The van der Waals surface area contributed by atoms with Crippen molar-refractivity contribution in [1.29, 1.82) is 0 Å². The zero-order chi connectivity index (χ0) is 13.7. The van der Waals surface area contributed by atoms with Crippen LogP contribution in [0.15, 0.2) is 48.5 Å². The largest absolute Gasteiger partial charge is 0.505 e. The molecule has 2 rings (SSSR count). The number of carbonyl (C=O) groups excluding carboxylic acids is 1. The van der Waals surface area contributed by atoms with E-state index in [-0.39, 0.29) is 5.69 Å². The van der Waals surface area contributed by atoms with Crippen molar-refractivity contribution in [1.82, 2.24) is 0 Å². The van der Waals surface area contributed by atoms with Crippen LogP contribution in [0.1, 0.15) is 5.56 Å². The summed E-state index contributed by atoms with van der Waals surface area (Å²) in [4.78, 5) is 11.5. The quantitative estimate of drug-likeness (QED) is 0.607. The van der Waals surface area contributed by atoms with Gasteiger partial charge in [0.25, 0.3) is 0 Å². The molecule has 0 saturated carbocycles. The maximum Gasteiger partial charge on any atom is 0.300 e. The molecule has 1 amide bonds. The number of aromatic hydroxyl groups is 1. The van der Waals surface area contributed by atoms with Crippen LogP contribution in [0.3, 0.4) is 0 Å². The SMILES string of the molecule is O=C(C#Cc1ccccc1)Nc1ccc(O)c(F)c1. The van der Waals surface area contributed by atoms with E-state index in [1.807, 2.05) is 18.2 Å². The van der Waals surface area contributed by atoms with E-state index in [0.29, 0.717) is 0 Å². The highest BCUT2D eigenvalue weighted by atomic mass is 19.1. The van der Waals surface area contributed by atoms with Crippen LogP contribution >= 0.6 is 0 Å². The molecule has 2 N–H and O–H groups in total. The van der Waals surface area contributed by atoms with Crippen molar-refractivity contribution in [3.63, 3.8) is 0 Å². The second-order valence-electron chi connectivity index (χ2n) is 3.74. The fourth-order valence-corrected chi connectivity index (χ4v) is 1.40. The van der Waals surface area contributed by atoms with Gasteiger partial charge in [-0.15, -0.1) is 0 Å². The highest BCUT2D eigenvalue weighted by molar-refractivity contribution is 6.04. The molecule has 19 heavy (non-hydrogen) atoms. The van der Waals surface area contributed by atoms with E-state index in [1.165, 1.54) is 6.07 Å². The molecule has 0 aliphatic heterocycles. The van der Waals surface area contributed by atoms with Gasteiger partial charge in [0.15, 0.2) is 11.6 Å². The monoisotopic (exact) mass is 255 g/mol. The summed E-state index contributed by atoms with van der Waals surface area (Å²) in [6.07, 6.45) is 0. The summed E-state index contributed by atoms with van der Waals surface area (Å²) < 4.78 is 13.0. The fourth-order valence-electron chi connectivity index (χ4n) is 1.40. The van der Waals surface area contributed by atoms with Crippen molar-refractivity contribution in [2.75, 3.05) is 5.32 Å². The molecule has 0 aliphatic carbocycles. The molecule has 0 aliphatic rings. The zero-order valence-electron chi connectivity index (χ0n) is 9.85. The number of benzene rings is 2. The molecule has 0 aromatic heterocycles. The van der Waals surface area contributed by atoms with Gasteiger partial charge in [-0.2, -0.15) is 0 Å². The molecule has 4 heteroatoms. The number of anilines is 1. The summed E-state index contributed by atoms with van der Waals surface area (Å²) in [7, 11) is 0. The Kier molecular flexibility index (Phi) is 3.79. The van der Waals surface area contributed by atoms with Crippen molar-refractivity contribution >= 4 is 11.6 Å². The maximum atomic E-state index is 13.0. The molecule has 0 saturated heterocycles. The Morgan fingerprint density at radius 2 is 1.89 bits per heavy atom. The van der Waals surface area contributed by atoms with Crippen molar-refractivity contribution in [2.45, 2.75) is 0 Å². The summed E-state index contributed by atoms with van der Waals surface area (Å²) in [5, 5.41) is 11.4. The number of rotatable bonds is 1. The number of amides is 1. The molecule has 0 fully saturated rings. The van der Waals surface area contributed by atoms with Crippen LogP contribution in [0.5, 0.6) is 5.75 Å². The molecular formula is C15H10FNO2. The minimum absolute atomic E-state index is 0.239. The second-order valence-corrected chi connectivity index (χ2v) is 3.74. The van der Waals surface area contributed by atoms with Gasteiger partial charge in [0.05, 0.1) is 0 Å². The Hall–Kier alpha value is -2.80. The van der Waals surface area contributed by atoms with Crippen molar-refractivity contribution in [3.05, 3.63) is 59.9 Å². The zero-order valence-corrected chi connectivity index (χ0v) is 9.85. The fraction of sp³-hybridized carbons (Fsp3) is 0. The lowest BCUT2D eigenvalue weighted by molar-refractivity contribution is -0.111. The van der Waals surface area contributed by atoms with E-state index in [2.05, 4.69) is 17.2 Å². The highest BCUT2D eigenvalue weighted by Gasteiger charge is 2.03. The first kappa shape index (κ1) is 12.7. The molecule has 0 unspecified atom stereocenters. The number of hydrogen-bond acceptors (Lipinski definition) is 2. The van der Waals surface area contributed by atoms with Gasteiger partial charge in [-0.25, -0.2) is 4.39 Å². The molecule has 0 heterocycles. The Morgan fingerprint density at radius 1 is 1.16 bits per heavy atom. The number of nitrogens with one attached hydrogen (secondary N) is 1. The van der Waals surface area contributed by atoms with Crippen LogP contribution in [0.25, 0.3) is 0 Å². The number of carbonyl (C=O) groups is 1. The molecule has 0 radical (unpaired) electrons. The summed E-state index contributed by atoms with van der Waals surface area (Å²) >= 11 is 0. The molecule has 0 atom stereocenters.